The molecule has 1 unspecified atom stereocenters. The van der Waals surface area contributed by atoms with Crippen LogP contribution >= 0.6 is 0 Å². The summed E-state index contributed by atoms with van der Waals surface area (Å²) in [5, 5.41) is 2.88. The van der Waals surface area contributed by atoms with E-state index in [1.807, 2.05) is 13.8 Å². The van der Waals surface area contributed by atoms with Gasteiger partial charge in [-0.05, 0) is 13.8 Å². The lowest BCUT2D eigenvalue weighted by Crippen LogP contribution is -2.36. The van der Waals surface area contributed by atoms with Crippen molar-refractivity contribution in [3.05, 3.63) is 18.2 Å². The largest absolute Gasteiger partial charge is 0.355 e. The molecule has 1 fully saturated rings. The number of H-pyrrole nitrogens is 1. The molecule has 2 heterocycles. The molecule has 2 amide bonds. The molecule has 1 aromatic heterocycles. The molecule has 2 N–H and O–H groups in total. The van der Waals surface area contributed by atoms with Crippen LogP contribution in [0.4, 0.5) is 0 Å². The number of imidazole rings is 1. The minimum Gasteiger partial charge on any atom is -0.355 e. The first-order valence-corrected chi connectivity index (χ1v) is 6.62. The fraction of sp³-hybridized carbons (Fsp3) is 0.615. The Labute approximate surface area is 112 Å². The van der Waals surface area contributed by atoms with Crippen LogP contribution in [0.25, 0.3) is 0 Å². The molecule has 6 nitrogen and oxygen atoms in total. The summed E-state index contributed by atoms with van der Waals surface area (Å²) in [7, 11) is 0. The van der Waals surface area contributed by atoms with Crippen LogP contribution in [0.1, 0.15) is 26.0 Å². The van der Waals surface area contributed by atoms with Crippen LogP contribution in [-0.4, -0.2) is 45.8 Å². The van der Waals surface area contributed by atoms with E-state index in [1.165, 1.54) is 0 Å². The number of hydrogen-bond acceptors (Lipinski definition) is 3. The van der Waals surface area contributed by atoms with E-state index in [-0.39, 0.29) is 23.8 Å². The number of carbonyl (C=O) groups is 2. The molecule has 0 aromatic carbocycles. The van der Waals surface area contributed by atoms with E-state index in [4.69, 9.17) is 0 Å². The summed E-state index contributed by atoms with van der Waals surface area (Å²) in [6.45, 7) is 5.03. The van der Waals surface area contributed by atoms with E-state index in [1.54, 1.807) is 17.4 Å². The molecule has 1 aliphatic heterocycles. The van der Waals surface area contributed by atoms with Crippen LogP contribution in [-0.2, 0) is 16.0 Å². The van der Waals surface area contributed by atoms with Crippen molar-refractivity contribution < 1.29 is 9.59 Å². The van der Waals surface area contributed by atoms with Crippen molar-refractivity contribution in [2.75, 3.05) is 13.1 Å². The van der Waals surface area contributed by atoms with Gasteiger partial charge in [0.15, 0.2) is 0 Å². The van der Waals surface area contributed by atoms with Gasteiger partial charge in [0.1, 0.15) is 0 Å². The number of rotatable bonds is 5. The summed E-state index contributed by atoms with van der Waals surface area (Å²) < 4.78 is 0. The van der Waals surface area contributed by atoms with E-state index in [9.17, 15) is 9.59 Å². The number of aromatic nitrogens is 2. The van der Waals surface area contributed by atoms with Crippen LogP contribution in [0.3, 0.4) is 0 Å². The number of carbonyl (C=O) groups excluding carboxylic acids is 2. The number of likely N-dealkylation sites (tertiary alicyclic amines) is 1. The molecule has 0 spiro atoms. The number of hydrogen-bond donors (Lipinski definition) is 2. The highest BCUT2D eigenvalue weighted by Gasteiger charge is 2.35. The minimum atomic E-state index is -0.211. The second-order valence-electron chi connectivity index (χ2n) is 5.16. The molecule has 1 aliphatic rings. The minimum absolute atomic E-state index is 0.0315. The quantitative estimate of drug-likeness (QED) is 0.804. The average Bonchev–Trinajstić information content (AvgIpc) is 2.98. The van der Waals surface area contributed by atoms with E-state index in [0.29, 0.717) is 19.5 Å². The predicted octanol–water partition coefficient (Wildman–Crippen LogP) is 0.325. The van der Waals surface area contributed by atoms with Gasteiger partial charge in [-0.1, -0.05) is 0 Å². The Hall–Kier alpha value is -1.85. The van der Waals surface area contributed by atoms with Gasteiger partial charge in [-0.2, -0.15) is 0 Å². The van der Waals surface area contributed by atoms with Crippen LogP contribution in [0.2, 0.25) is 0 Å². The summed E-state index contributed by atoms with van der Waals surface area (Å²) in [5.74, 6) is -0.170. The predicted molar refractivity (Wildman–Crippen MR) is 70.3 cm³/mol. The second-order valence-corrected chi connectivity index (χ2v) is 5.16. The third-order valence-electron chi connectivity index (χ3n) is 3.40. The molecular weight excluding hydrogens is 244 g/mol. The summed E-state index contributed by atoms with van der Waals surface area (Å²) in [6.07, 6.45) is 4.41. The van der Waals surface area contributed by atoms with Crippen molar-refractivity contribution in [3.8, 4) is 0 Å². The van der Waals surface area contributed by atoms with E-state index < -0.39 is 0 Å². The fourth-order valence-electron chi connectivity index (χ4n) is 2.29. The van der Waals surface area contributed by atoms with Gasteiger partial charge in [0.05, 0.1) is 12.2 Å². The Morgan fingerprint density at radius 3 is 3.00 bits per heavy atom. The van der Waals surface area contributed by atoms with Gasteiger partial charge in [0.2, 0.25) is 11.8 Å². The molecule has 0 saturated carbocycles. The van der Waals surface area contributed by atoms with Crippen molar-refractivity contribution in [2.45, 2.75) is 32.7 Å². The highest BCUT2D eigenvalue weighted by Crippen LogP contribution is 2.20. The highest BCUT2D eigenvalue weighted by atomic mass is 16.2. The monoisotopic (exact) mass is 264 g/mol. The van der Waals surface area contributed by atoms with Crippen molar-refractivity contribution >= 4 is 11.8 Å². The Kier molecular flexibility index (Phi) is 4.19. The SMILES string of the molecule is CC(C)N1CC(C(=O)NCCc2cnc[nH]2)CC1=O. The summed E-state index contributed by atoms with van der Waals surface area (Å²) >= 11 is 0. The maximum absolute atomic E-state index is 12.0. The molecule has 104 valence electrons. The molecule has 2 rings (SSSR count). The highest BCUT2D eigenvalue weighted by molar-refractivity contribution is 5.89. The number of amides is 2. The molecule has 1 saturated heterocycles. The standard InChI is InChI=1S/C13H20N4O2/c1-9(2)17-7-10(5-12(17)18)13(19)15-4-3-11-6-14-8-16-11/h6,8-10H,3-5,7H2,1-2H3,(H,14,16)(H,15,19). The zero-order chi connectivity index (χ0) is 13.8. The topological polar surface area (TPSA) is 78.1 Å². The van der Waals surface area contributed by atoms with Gasteiger partial charge in [-0.3, -0.25) is 9.59 Å². The zero-order valence-electron chi connectivity index (χ0n) is 11.3. The second kappa shape index (κ2) is 5.86. The van der Waals surface area contributed by atoms with Crippen LogP contribution in [0.5, 0.6) is 0 Å². The van der Waals surface area contributed by atoms with E-state index in [2.05, 4.69) is 15.3 Å². The fourth-order valence-corrected chi connectivity index (χ4v) is 2.29. The van der Waals surface area contributed by atoms with Gasteiger partial charge in [-0.15, -0.1) is 0 Å². The number of nitrogens with one attached hydrogen (secondary N) is 2. The molecule has 0 aliphatic carbocycles. The number of nitrogens with zero attached hydrogens (tertiary/aromatic N) is 2. The number of aromatic amines is 1. The molecule has 6 heteroatoms. The van der Waals surface area contributed by atoms with Gasteiger partial charge in [-0.25, -0.2) is 4.98 Å². The zero-order valence-corrected chi connectivity index (χ0v) is 11.3. The first-order valence-electron chi connectivity index (χ1n) is 6.62. The molecule has 19 heavy (non-hydrogen) atoms. The van der Waals surface area contributed by atoms with Crippen LogP contribution in [0.15, 0.2) is 12.5 Å². The van der Waals surface area contributed by atoms with Crippen molar-refractivity contribution in [3.63, 3.8) is 0 Å². The Balaban J connectivity index is 1.76. The third kappa shape index (κ3) is 3.33. The van der Waals surface area contributed by atoms with Gasteiger partial charge in [0.25, 0.3) is 0 Å². The van der Waals surface area contributed by atoms with Crippen molar-refractivity contribution in [2.24, 2.45) is 5.92 Å². The molecule has 0 bridgehead atoms. The van der Waals surface area contributed by atoms with E-state index >= 15 is 0 Å². The molecular formula is C13H20N4O2. The third-order valence-corrected chi connectivity index (χ3v) is 3.40. The van der Waals surface area contributed by atoms with Gasteiger partial charge in [0, 0.05) is 43.9 Å². The lowest BCUT2D eigenvalue weighted by Gasteiger charge is -2.20. The van der Waals surface area contributed by atoms with Crippen LogP contribution in [0, 0.1) is 5.92 Å². The Morgan fingerprint density at radius 2 is 2.42 bits per heavy atom. The smallest absolute Gasteiger partial charge is 0.225 e. The van der Waals surface area contributed by atoms with Crippen LogP contribution < -0.4 is 5.32 Å². The molecule has 0 radical (unpaired) electrons. The lowest BCUT2D eigenvalue weighted by molar-refractivity contribution is -0.129. The molecule has 1 atom stereocenters. The first kappa shape index (κ1) is 13.6. The normalized spacial score (nSPS) is 19.2. The first-order chi connectivity index (χ1) is 9.08. The van der Waals surface area contributed by atoms with Crippen molar-refractivity contribution in [1.82, 2.24) is 20.2 Å². The Bertz CT molecular complexity index is 442. The van der Waals surface area contributed by atoms with Crippen molar-refractivity contribution in [1.29, 1.82) is 0 Å². The molecule has 1 aromatic rings. The summed E-state index contributed by atoms with van der Waals surface area (Å²) in [4.78, 5) is 32.4. The summed E-state index contributed by atoms with van der Waals surface area (Å²) in [6, 6.07) is 0.162. The maximum Gasteiger partial charge on any atom is 0.225 e. The van der Waals surface area contributed by atoms with Gasteiger partial charge < -0.3 is 15.2 Å². The van der Waals surface area contributed by atoms with Gasteiger partial charge >= 0.3 is 0 Å². The summed E-state index contributed by atoms with van der Waals surface area (Å²) in [5.41, 5.74) is 0.992. The maximum atomic E-state index is 12.0. The lowest BCUT2D eigenvalue weighted by atomic mass is 10.1. The average molecular weight is 264 g/mol. The van der Waals surface area contributed by atoms with E-state index in [0.717, 1.165) is 12.1 Å². The Morgan fingerprint density at radius 1 is 1.63 bits per heavy atom.